The average molecular weight is 173 g/mol. The fourth-order valence-corrected chi connectivity index (χ4v) is 1.42. The maximum Gasteiger partial charge on any atom is 0.290 e. The van der Waals surface area contributed by atoms with Crippen LogP contribution in [0.5, 0.6) is 0 Å². The summed E-state index contributed by atoms with van der Waals surface area (Å²) in [4.78, 5) is 12.7. The molecule has 3 nitrogen and oxygen atoms in total. The zero-order chi connectivity index (χ0) is 9.02. The number of hydrogen-bond donors (Lipinski definition) is 0. The molecule has 11 heavy (non-hydrogen) atoms. The molecule has 0 aliphatic heterocycles. The largest absolute Gasteiger partial charge is 0.343 e. The van der Waals surface area contributed by atoms with E-state index in [1.54, 1.807) is 14.1 Å². The molecule has 1 amide bonds. The van der Waals surface area contributed by atoms with Crippen LogP contribution in [0.4, 0.5) is 0 Å². The summed E-state index contributed by atoms with van der Waals surface area (Å²) >= 11 is 0. The van der Waals surface area contributed by atoms with Crippen molar-refractivity contribution in [3.63, 3.8) is 0 Å². The predicted octanol–water partition coefficient (Wildman–Crippen LogP) is -0.155. The third kappa shape index (κ3) is 2.81. The molecule has 0 spiro atoms. The first kappa shape index (κ1) is 10.3. The summed E-state index contributed by atoms with van der Waals surface area (Å²) in [6.45, 7) is 0. The monoisotopic (exact) mass is 173 g/mol. The third-order valence-corrected chi connectivity index (χ3v) is 2.50. The summed E-state index contributed by atoms with van der Waals surface area (Å²) in [5, 5.41) is 8.16. The summed E-state index contributed by atoms with van der Waals surface area (Å²) in [5.41, 5.74) is 0. The van der Waals surface area contributed by atoms with E-state index in [-0.39, 0.29) is 16.8 Å². The lowest BCUT2D eigenvalue weighted by Gasteiger charge is -2.11. The van der Waals surface area contributed by atoms with E-state index >= 15 is 0 Å². The number of rotatable bonds is 2. The van der Waals surface area contributed by atoms with E-state index in [1.165, 1.54) is 4.90 Å². The molecule has 0 heterocycles. The predicted molar refractivity (Wildman–Crippen MR) is 47.3 cm³/mol. The maximum atomic E-state index is 11.2. The van der Waals surface area contributed by atoms with Crippen LogP contribution in [-0.2, 0) is 15.7 Å². The van der Waals surface area contributed by atoms with Gasteiger partial charge < -0.3 is 4.90 Å². The van der Waals surface area contributed by atoms with E-state index in [0.29, 0.717) is 0 Å². The maximum absolute atomic E-state index is 11.2. The highest BCUT2D eigenvalue weighted by atomic mass is 32.2. The van der Waals surface area contributed by atoms with Crippen LogP contribution < -0.4 is 0 Å². The highest BCUT2D eigenvalue weighted by Crippen LogP contribution is 2.01. The Balaban J connectivity index is 4.30. The van der Waals surface area contributed by atoms with Gasteiger partial charge >= 0.3 is 0 Å². The Hall–Kier alpha value is -0.690. The Morgan fingerprint density at radius 2 is 2.00 bits per heavy atom. The van der Waals surface area contributed by atoms with Crippen molar-refractivity contribution in [1.29, 1.82) is 5.26 Å². The second-order valence-corrected chi connectivity index (χ2v) is 4.85. The fourth-order valence-electron chi connectivity index (χ4n) is 0.597. The zero-order valence-corrected chi connectivity index (χ0v) is 8.10. The van der Waals surface area contributed by atoms with Crippen molar-refractivity contribution in [2.24, 2.45) is 0 Å². The Labute approximate surface area is 70.3 Å². The van der Waals surface area contributed by atoms with Crippen molar-refractivity contribution in [3.05, 3.63) is 0 Å². The number of amides is 1. The molecule has 0 bridgehead atoms. The molecule has 1 unspecified atom stereocenters. The number of hydrogen-bond acceptors (Lipinski definition) is 2. The van der Waals surface area contributed by atoms with E-state index in [1.807, 2.05) is 18.6 Å². The van der Waals surface area contributed by atoms with Crippen molar-refractivity contribution in [2.75, 3.05) is 26.6 Å². The summed E-state index contributed by atoms with van der Waals surface area (Å²) in [5.74, 6) is -0.0965. The van der Waals surface area contributed by atoms with Crippen LogP contribution in [0, 0.1) is 11.3 Å². The van der Waals surface area contributed by atoms with Gasteiger partial charge in [-0.2, -0.15) is 5.26 Å². The van der Waals surface area contributed by atoms with Crippen LogP contribution >= 0.6 is 0 Å². The van der Waals surface area contributed by atoms with E-state index in [4.69, 9.17) is 5.26 Å². The van der Waals surface area contributed by atoms with Gasteiger partial charge in [0.2, 0.25) is 0 Å². The number of carbonyl (C=O) groups is 1. The first-order valence-corrected chi connectivity index (χ1v) is 5.28. The van der Waals surface area contributed by atoms with Crippen LogP contribution in [0.2, 0.25) is 0 Å². The SMILES string of the molecule is CN(C)C(=O)C(C#N)[S+](C)C. The van der Waals surface area contributed by atoms with Crippen LogP contribution in [0.3, 0.4) is 0 Å². The summed E-state index contributed by atoms with van der Waals surface area (Å²) in [6, 6.07) is 2.00. The average Bonchev–Trinajstić information content (AvgIpc) is 1.88. The highest BCUT2D eigenvalue weighted by molar-refractivity contribution is 7.97. The van der Waals surface area contributed by atoms with Gasteiger partial charge in [-0.1, -0.05) is 0 Å². The number of carbonyl (C=O) groups excluding carboxylic acids is 1. The van der Waals surface area contributed by atoms with Gasteiger partial charge in [-0.15, -0.1) is 0 Å². The van der Waals surface area contributed by atoms with Crippen LogP contribution in [0.15, 0.2) is 0 Å². The van der Waals surface area contributed by atoms with Gasteiger partial charge in [0.05, 0.1) is 12.5 Å². The minimum absolute atomic E-state index is 0.0965. The molecule has 0 aromatic rings. The highest BCUT2D eigenvalue weighted by Gasteiger charge is 2.30. The van der Waals surface area contributed by atoms with E-state index in [0.717, 1.165) is 0 Å². The molecule has 4 heteroatoms. The Morgan fingerprint density at radius 3 is 2.09 bits per heavy atom. The molecular formula is C7H13N2OS+. The van der Waals surface area contributed by atoms with E-state index in [2.05, 4.69) is 0 Å². The Bertz CT molecular complexity index is 183. The third-order valence-electron chi connectivity index (χ3n) is 1.25. The van der Waals surface area contributed by atoms with Crippen LogP contribution in [0.25, 0.3) is 0 Å². The van der Waals surface area contributed by atoms with Gasteiger partial charge in [0, 0.05) is 25.0 Å². The van der Waals surface area contributed by atoms with Crippen molar-refractivity contribution in [3.8, 4) is 6.07 Å². The van der Waals surface area contributed by atoms with Crippen LogP contribution in [0.1, 0.15) is 0 Å². The summed E-state index contributed by atoms with van der Waals surface area (Å²) in [7, 11) is 3.18. The van der Waals surface area contributed by atoms with Crippen molar-refractivity contribution >= 4 is 16.8 Å². The summed E-state index contributed by atoms with van der Waals surface area (Å²) in [6.07, 6.45) is 3.80. The van der Waals surface area contributed by atoms with Gasteiger partial charge in [-0.25, -0.2) is 0 Å². The number of nitriles is 1. The fraction of sp³-hybridized carbons (Fsp3) is 0.714. The first-order valence-electron chi connectivity index (χ1n) is 3.18. The number of nitrogens with zero attached hydrogens (tertiary/aromatic N) is 2. The molecule has 0 radical (unpaired) electrons. The zero-order valence-electron chi connectivity index (χ0n) is 7.29. The van der Waals surface area contributed by atoms with Gasteiger partial charge in [-0.05, 0) is 0 Å². The minimum Gasteiger partial charge on any atom is -0.343 e. The van der Waals surface area contributed by atoms with Crippen molar-refractivity contribution in [2.45, 2.75) is 5.25 Å². The molecule has 1 atom stereocenters. The van der Waals surface area contributed by atoms with Crippen LogP contribution in [-0.4, -0.2) is 42.7 Å². The topological polar surface area (TPSA) is 44.1 Å². The smallest absolute Gasteiger partial charge is 0.290 e. The van der Waals surface area contributed by atoms with E-state index in [9.17, 15) is 4.79 Å². The second kappa shape index (κ2) is 4.24. The lowest BCUT2D eigenvalue weighted by atomic mass is 10.4. The first-order chi connectivity index (χ1) is 5.00. The molecule has 0 fully saturated rings. The molecule has 0 aromatic carbocycles. The van der Waals surface area contributed by atoms with E-state index < -0.39 is 5.25 Å². The summed E-state index contributed by atoms with van der Waals surface area (Å²) < 4.78 is 0. The molecule has 0 aliphatic rings. The molecule has 0 aliphatic carbocycles. The molecule has 0 saturated carbocycles. The molecular weight excluding hydrogens is 160 g/mol. The van der Waals surface area contributed by atoms with Crippen molar-refractivity contribution in [1.82, 2.24) is 4.90 Å². The molecule has 62 valence electrons. The molecule has 0 saturated heterocycles. The second-order valence-electron chi connectivity index (χ2n) is 2.62. The van der Waals surface area contributed by atoms with Gasteiger partial charge in [0.1, 0.15) is 6.07 Å². The molecule has 0 rings (SSSR count). The molecule has 0 aromatic heterocycles. The normalized spacial score (nSPS) is 12.4. The quantitative estimate of drug-likeness (QED) is 0.545. The molecule has 0 N–H and O–H groups in total. The Kier molecular flexibility index (Phi) is 3.98. The van der Waals surface area contributed by atoms with Gasteiger partial charge in [0.25, 0.3) is 11.2 Å². The lowest BCUT2D eigenvalue weighted by molar-refractivity contribution is -0.127. The van der Waals surface area contributed by atoms with Crippen molar-refractivity contribution < 1.29 is 4.79 Å². The van der Waals surface area contributed by atoms with Gasteiger partial charge in [-0.3, -0.25) is 4.79 Å². The minimum atomic E-state index is -0.468. The Morgan fingerprint density at radius 1 is 1.55 bits per heavy atom. The standard InChI is InChI=1S/C7H13N2OS/c1-9(2)7(10)6(5-8)11(3)4/h6H,1-4H3/q+1. The van der Waals surface area contributed by atoms with Gasteiger partial charge in [0.15, 0.2) is 0 Å². The lowest BCUT2D eigenvalue weighted by Crippen LogP contribution is -2.37.